The molecule has 0 saturated heterocycles. The molecule has 2 atom stereocenters. The summed E-state index contributed by atoms with van der Waals surface area (Å²) in [6.07, 6.45) is 1.40. The Morgan fingerprint density at radius 3 is 2.80 bits per heavy atom. The van der Waals surface area contributed by atoms with Crippen LogP contribution in [-0.2, 0) is 4.84 Å². The molecule has 1 aromatic rings. The van der Waals surface area contributed by atoms with Crippen LogP contribution in [0.2, 0.25) is 5.02 Å². The van der Waals surface area contributed by atoms with E-state index in [9.17, 15) is 5.11 Å². The van der Waals surface area contributed by atoms with Crippen molar-refractivity contribution in [1.29, 1.82) is 0 Å². The van der Waals surface area contributed by atoms with Gasteiger partial charge in [-0.3, -0.25) is 0 Å². The zero-order chi connectivity index (χ0) is 14.5. The van der Waals surface area contributed by atoms with Gasteiger partial charge < -0.3 is 14.8 Å². The van der Waals surface area contributed by atoms with Gasteiger partial charge in [-0.2, -0.15) is 0 Å². The molecule has 2 rings (SSSR count). The Balaban J connectivity index is 1.81. The molecule has 1 aliphatic heterocycles. The summed E-state index contributed by atoms with van der Waals surface area (Å²) < 4.78 is 0. The molecule has 5 heteroatoms. The van der Waals surface area contributed by atoms with Crippen LogP contribution in [0.4, 0.5) is 0 Å². The SMILES string of the molecule is CC(O)CCN(C)CC1CC(c2ccc(Cl)cc2)=NO1. The third-order valence-corrected chi connectivity index (χ3v) is 3.61. The topological polar surface area (TPSA) is 45.1 Å². The van der Waals surface area contributed by atoms with Crippen LogP contribution in [0.15, 0.2) is 29.4 Å². The number of rotatable bonds is 6. The number of nitrogens with zero attached hydrogens (tertiary/aromatic N) is 2. The van der Waals surface area contributed by atoms with Crippen LogP contribution in [0, 0.1) is 0 Å². The number of benzene rings is 1. The number of halogens is 1. The fraction of sp³-hybridized carbons (Fsp3) is 0.533. The maximum absolute atomic E-state index is 9.28. The molecule has 0 spiro atoms. The quantitative estimate of drug-likeness (QED) is 0.877. The Morgan fingerprint density at radius 2 is 2.15 bits per heavy atom. The van der Waals surface area contributed by atoms with Crippen molar-refractivity contribution in [3.8, 4) is 0 Å². The van der Waals surface area contributed by atoms with Crippen molar-refractivity contribution in [2.45, 2.75) is 32.0 Å². The minimum Gasteiger partial charge on any atom is -0.393 e. The highest BCUT2D eigenvalue weighted by atomic mass is 35.5. The van der Waals surface area contributed by atoms with Crippen LogP contribution < -0.4 is 0 Å². The summed E-state index contributed by atoms with van der Waals surface area (Å²) in [4.78, 5) is 7.64. The first-order chi connectivity index (χ1) is 9.54. The Bertz CT molecular complexity index is 459. The largest absolute Gasteiger partial charge is 0.393 e. The van der Waals surface area contributed by atoms with Gasteiger partial charge in [0, 0.05) is 24.5 Å². The first-order valence-corrected chi connectivity index (χ1v) is 7.27. The molecule has 4 nitrogen and oxygen atoms in total. The summed E-state index contributed by atoms with van der Waals surface area (Å²) in [6.45, 7) is 3.47. The van der Waals surface area contributed by atoms with Gasteiger partial charge in [0.15, 0.2) is 0 Å². The predicted octanol–water partition coefficient (Wildman–Crippen LogP) is 2.54. The summed E-state index contributed by atoms with van der Waals surface area (Å²) in [5.74, 6) is 0. The van der Waals surface area contributed by atoms with Gasteiger partial charge in [-0.1, -0.05) is 28.9 Å². The smallest absolute Gasteiger partial charge is 0.145 e. The number of hydrogen-bond acceptors (Lipinski definition) is 4. The maximum Gasteiger partial charge on any atom is 0.145 e. The van der Waals surface area contributed by atoms with Gasteiger partial charge in [-0.05, 0) is 38.1 Å². The average molecular weight is 297 g/mol. The Hall–Kier alpha value is -1.10. The number of aliphatic hydroxyl groups excluding tert-OH is 1. The van der Waals surface area contributed by atoms with E-state index in [1.54, 1.807) is 0 Å². The van der Waals surface area contributed by atoms with E-state index in [1.165, 1.54) is 0 Å². The predicted molar refractivity (Wildman–Crippen MR) is 81.3 cm³/mol. The highest BCUT2D eigenvalue weighted by Crippen LogP contribution is 2.19. The first-order valence-electron chi connectivity index (χ1n) is 6.90. The molecule has 0 aromatic heterocycles. The third-order valence-electron chi connectivity index (χ3n) is 3.35. The van der Waals surface area contributed by atoms with Crippen molar-refractivity contribution in [3.05, 3.63) is 34.9 Å². The van der Waals surface area contributed by atoms with Gasteiger partial charge in [-0.15, -0.1) is 0 Å². The highest BCUT2D eigenvalue weighted by molar-refractivity contribution is 6.30. The molecule has 0 fully saturated rings. The molecule has 0 amide bonds. The summed E-state index contributed by atoms with van der Waals surface area (Å²) in [6, 6.07) is 7.65. The summed E-state index contributed by atoms with van der Waals surface area (Å²) in [7, 11) is 2.03. The molecule has 2 unspecified atom stereocenters. The van der Waals surface area contributed by atoms with Gasteiger partial charge >= 0.3 is 0 Å². The summed E-state index contributed by atoms with van der Waals surface area (Å²) in [5, 5.41) is 14.2. The minimum atomic E-state index is -0.261. The van der Waals surface area contributed by atoms with Gasteiger partial charge in [0.25, 0.3) is 0 Å². The minimum absolute atomic E-state index is 0.0830. The number of aliphatic hydroxyl groups is 1. The zero-order valence-corrected chi connectivity index (χ0v) is 12.7. The maximum atomic E-state index is 9.28. The van der Waals surface area contributed by atoms with Crippen molar-refractivity contribution in [1.82, 2.24) is 4.90 Å². The fourth-order valence-corrected chi connectivity index (χ4v) is 2.31. The Kier molecular flexibility index (Phi) is 5.40. The third kappa shape index (κ3) is 4.47. The lowest BCUT2D eigenvalue weighted by Gasteiger charge is -2.20. The van der Waals surface area contributed by atoms with E-state index >= 15 is 0 Å². The molecule has 1 heterocycles. The highest BCUT2D eigenvalue weighted by Gasteiger charge is 2.23. The van der Waals surface area contributed by atoms with Crippen molar-refractivity contribution < 1.29 is 9.94 Å². The lowest BCUT2D eigenvalue weighted by atomic mass is 10.0. The normalized spacial score (nSPS) is 19.9. The molecular formula is C15H21ClN2O2. The molecule has 110 valence electrons. The van der Waals surface area contributed by atoms with Gasteiger partial charge in [-0.25, -0.2) is 0 Å². The van der Waals surface area contributed by atoms with E-state index in [0.29, 0.717) is 0 Å². The monoisotopic (exact) mass is 296 g/mol. The zero-order valence-electron chi connectivity index (χ0n) is 11.9. The number of likely N-dealkylation sites (N-methyl/N-ethyl adjacent to an activating group) is 1. The molecule has 0 bridgehead atoms. The van der Waals surface area contributed by atoms with Crippen molar-refractivity contribution >= 4 is 17.3 Å². The van der Waals surface area contributed by atoms with E-state index in [4.69, 9.17) is 16.4 Å². The molecule has 1 aromatic carbocycles. The lowest BCUT2D eigenvalue weighted by molar-refractivity contribution is 0.0554. The van der Waals surface area contributed by atoms with Crippen LogP contribution in [0.1, 0.15) is 25.3 Å². The molecule has 0 aliphatic carbocycles. The fourth-order valence-electron chi connectivity index (χ4n) is 2.19. The van der Waals surface area contributed by atoms with Crippen molar-refractivity contribution in [2.75, 3.05) is 20.1 Å². The number of hydrogen-bond donors (Lipinski definition) is 1. The molecule has 1 N–H and O–H groups in total. The van der Waals surface area contributed by atoms with Crippen LogP contribution in [-0.4, -0.2) is 48.1 Å². The summed E-state index contributed by atoms with van der Waals surface area (Å²) in [5.41, 5.74) is 2.03. The first kappa shape index (κ1) is 15.3. The Morgan fingerprint density at radius 1 is 1.45 bits per heavy atom. The van der Waals surface area contributed by atoms with Crippen molar-refractivity contribution in [3.63, 3.8) is 0 Å². The standard InChI is InChI=1S/C15H21ClN2O2/c1-11(19)7-8-18(2)10-14-9-15(17-20-14)12-3-5-13(16)6-4-12/h3-6,11,14,19H,7-10H2,1-2H3. The van der Waals surface area contributed by atoms with Crippen LogP contribution in [0.3, 0.4) is 0 Å². The van der Waals surface area contributed by atoms with Crippen LogP contribution in [0.25, 0.3) is 0 Å². The second kappa shape index (κ2) is 7.07. The van der Waals surface area contributed by atoms with Crippen LogP contribution >= 0.6 is 11.6 Å². The molecular weight excluding hydrogens is 276 g/mol. The second-order valence-corrected chi connectivity index (χ2v) is 5.81. The molecule has 20 heavy (non-hydrogen) atoms. The van der Waals surface area contributed by atoms with E-state index in [0.717, 1.165) is 42.2 Å². The van der Waals surface area contributed by atoms with E-state index in [-0.39, 0.29) is 12.2 Å². The molecule has 1 aliphatic rings. The summed E-state index contributed by atoms with van der Waals surface area (Å²) >= 11 is 5.88. The molecule has 0 radical (unpaired) electrons. The van der Waals surface area contributed by atoms with E-state index < -0.39 is 0 Å². The average Bonchev–Trinajstić information content (AvgIpc) is 2.85. The Labute approximate surface area is 125 Å². The molecule has 0 saturated carbocycles. The lowest BCUT2D eigenvalue weighted by Crippen LogP contribution is -2.31. The van der Waals surface area contributed by atoms with Gasteiger partial charge in [0.1, 0.15) is 6.10 Å². The van der Waals surface area contributed by atoms with Crippen LogP contribution in [0.5, 0.6) is 0 Å². The number of oxime groups is 1. The van der Waals surface area contributed by atoms with E-state index in [2.05, 4.69) is 10.1 Å². The van der Waals surface area contributed by atoms with Crippen molar-refractivity contribution in [2.24, 2.45) is 5.16 Å². The van der Waals surface area contributed by atoms with Gasteiger partial charge in [0.05, 0.1) is 11.8 Å². The second-order valence-electron chi connectivity index (χ2n) is 5.38. The van der Waals surface area contributed by atoms with Gasteiger partial charge in [0.2, 0.25) is 0 Å². The van der Waals surface area contributed by atoms with E-state index in [1.807, 2.05) is 38.2 Å².